The molecule has 0 bridgehead atoms. The minimum atomic E-state index is 0. The molecule has 0 saturated carbocycles. The maximum absolute atomic E-state index is 6.24. The van der Waals surface area contributed by atoms with Gasteiger partial charge in [0.05, 0.1) is 6.26 Å². The third kappa shape index (κ3) is 3.62. The minimum absolute atomic E-state index is 0. The number of nitrogens with one attached hydrogen (secondary N) is 1. The Bertz CT molecular complexity index is 696. The predicted octanol–water partition coefficient (Wildman–Crippen LogP) is 4.58. The SMILES string of the molecule is CNCCC(Oc1cccc2ccoc12)c1ccccc1.Cl. The van der Waals surface area contributed by atoms with Crippen LogP contribution >= 0.6 is 12.4 Å². The fourth-order valence-corrected chi connectivity index (χ4v) is 2.45. The Labute approximate surface area is 136 Å². The topological polar surface area (TPSA) is 34.4 Å². The molecule has 1 atom stereocenters. The first kappa shape index (κ1) is 16.4. The summed E-state index contributed by atoms with van der Waals surface area (Å²) in [6, 6.07) is 18.2. The first-order chi connectivity index (χ1) is 10.4. The zero-order valence-electron chi connectivity index (χ0n) is 12.5. The number of rotatable bonds is 6. The van der Waals surface area contributed by atoms with E-state index in [-0.39, 0.29) is 18.5 Å². The largest absolute Gasteiger partial charge is 0.482 e. The molecule has 1 aromatic heterocycles. The lowest BCUT2D eigenvalue weighted by Crippen LogP contribution is -2.16. The van der Waals surface area contributed by atoms with Crippen LogP contribution in [-0.4, -0.2) is 13.6 Å². The van der Waals surface area contributed by atoms with Gasteiger partial charge in [-0.05, 0) is 31.3 Å². The highest BCUT2D eigenvalue weighted by Crippen LogP contribution is 2.31. The van der Waals surface area contributed by atoms with E-state index in [1.54, 1.807) is 6.26 Å². The van der Waals surface area contributed by atoms with Crippen molar-refractivity contribution >= 4 is 23.4 Å². The Morgan fingerprint density at radius 3 is 2.64 bits per heavy atom. The van der Waals surface area contributed by atoms with Gasteiger partial charge in [-0.1, -0.05) is 42.5 Å². The standard InChI is InChI=1S/C18H19NO2.ClH/c1-19-12-10-16(14-6-3-2-4-7-14)21-17-9-5-8-15-11-13-20-18(15)17;/h2-9,11,13,16,19H,10,12H2,1H3;1H. The van der Waals surface area contributed by atoms with Gasteiger partial charge in [0.15, 0.2) is 11.3 Å². The second kappa shape index (κ2) is 7.87. The van der Waals surface area contributed by atoms with Crippen LogP contribution in [0.15, 0.2) is 65.3 Å². The quantitative estimate of drug-likeness (QED) is 0.722. The molecule has 1 N–H and O–H groups in total. The summed E-state index contributed by atoms with van der Waals surface area (Å²) in [5.74, 6) is 0.794. The van der Waals surface area contributed by atoms with E-state index in [0.717, 1.165) is 29.7 Å². The lowest BCUT2D eigenvalue weighted by atomic mass is 10.1. The van der Waals surface area contributed by atoms with Crippen LogP contribution < -0.4 is 10.1 Å². The van der Waals surface area contributed by atoms with Crippen molar-refractivity contribution < 1.29 is 9.15 Å². The Hall–Kier alpha value is -1.97. The maximum atomic E-state index is 6.24. The van der Waals surface area contributed by atoms with Gasteiger partial charge in [-0.3, -0.25) is 0 Å². The molecule has 4 heteroatoms. The molecule has 3 rings (SSSR count). The molecular formula is C18H20ClNO2. The third-order valence-corrected chi connectivity index (χ3v) is 3.54. The number of fused-ring (bicyclic) bond motifs is 1. The van der Waals surface area contributed by atoms with Crippen LogP contribution in [0.1, 0.15) is 18.1 Å². The van der Waals surface area contributed by atoms with E-state index in [1.165, 1.54) is 5.56 Å². The van der Waals surface area contributed by atoms with Crippen molar-refractivity contribution in [3.8, 4) is 5.75 Å². The lowest BCUT2D eigenvalue weighted by Gasteiger charge is -2.19. The van der Waals surface area contributed by atoms with Gasteiger partial charge in [-0.25, -0.2) is 0 Å². The van der Waals surface area contributed by atoms with Crippen molar-refractivity contribution in [1.82, 2.24) is 5.32 Å². The summed E-state index contributed by atoms with van der Waals surface area (Å²) in [5.41, 5.74) is 1.99. The van der Waals surface area contributed by atoms with Gasteiger partial charge in [0.25, 0.3) is 0 Å². The highest BCUT2D eigenvalue weighted by molar-refractivity contribution is 5.85. The van der Waals surface area contributed by atoms with Crippen LogP contribution in [0.3, 0.4) is 0 Å². The van der Waals surface area contributed by atoms with Gasteiger partial charge in [0.1, 0.15) is 6.10 Å². The van der Waals surface area contributed by atoms with E-state index < -0.39 is 0 Å². The van der Waals surface area contributed by atoms with Crippen molar-refractivity contribution in [3.63, 3.8) is 0 Å². The first-order valence-corrected chi connectivity index (χ1v) is 7.21. The van der Waals surface area contributed by atoms with Gasteiger partial charge in [0.2, 0.25) is 0 Å². The van der Waals surface area contributed by atoms with Crippen LogP contribution in [0.2, 0.25) is 0 Å². The summed E-state index contributed by atoms with van der Waals surface area (Å²) < 4.78 is 11.8. The van der Waals surface area contributed by atoms with Crippen molar-refractivity contribution in [2.45, 2.75) is 12.5 Å². The second-order valence-corrected chi connectivity index (χ2v) is 5.00. The molecule has 2 aromatic carbocycles. The molecule has 0 saturated heterocycles. The highest BCUT2D eigenvalue weighted by atomic mass is 35.5. The minimum Gasteiger partial charge on any atom is -0.482 e. The van der Waals surface area contributed by atoms with Gasteiger partial charge in [-0.2, -0.15) is 0 Å². The average Bonchev–Trinajstić information content (AvgIpc) is 3.01. The van der Waals surface area contributed by atoms with E-state index in [4.69, 9.17) is 9.15 Å². The molecule has 22 heavy (non-hydrogen) atoms. The molecule has 0 fully saturated rings. The molecular weight excluding hydrogens is 298 g/mol. The number of ether oxygens (including phenoxy) is 1. The van der Waals surface area contributed by atoms with Crippen molar-refractivity contribution in [2.24, 2.45) is 0 Å². The molecule has 1 unspecified atom stereocenters. The second-order valence-electron chi connectivity index (χ2n) is 5.00. The normalized spacial score (nSPS) is 11.9. The van der Waals surface area contributed by atoms with Gasteiger partial charge >= 0.3 is 0 Å². The summed E-state index contributed by atoms with van der Waals surface area (Å²) in [5, 5.41) is 4.25. The lowest BCUT2D eigenvalue weighted by molar-refractivity contribution is 0.195. The van der Waals surface area contributed by atoms with Gasteiger partial charge in [-0.15, -0.1) is 12.4 Å². The summed E-state index contributed by atoms with van der Waals surface area (Å²) in [6.45, 7) is 0.897. The average molecular weight is 318 g/mol. The fourth-order valence-electron chi connectivity index (χ4n) is 2.45. The molecule has 0 aliphatic rings. The Morgan fingerprint density at radius 2 is 1.86 bits per heavy atom. The summed E-state index contributed by atoms with van der Waals surface area (Å²) in [6.07, 6.45) is 2.61. The predicted molar refractivity (Wildman–Crippen MR) is 91.8 cm³/mol. The van der Waals surface area contributed by atoms with Crippen molar-refractivity contribution in [1.29, 1.82) is 0 Å². The molecule has 116 valence electrons. The number of para-hydroxylation sites is 1. The van der Waals surface area contributed by atoms with Crippen molar-refractivity contribution in [3.05, 3.63) is 66.4 Å². The molecule has 0 amide bonds. The summed E-state index contributed by atoms with van der Waals surface area (Å²) >= 11 is 0. The van der Waals surface area contributed by atoms with E-state index in [0.29, 0.717) is 0 Å². The molecule has 0 aliphatic carbocycles. The van der Waals surface area contributed by atoms with Crippen LogP contribution in [0, 0.1) is 0 Å². The Balaban J connectivity index is 0.00000176. The van der Waals surface area contributed by atoms with E-state index >= 15 is 0 Å². The van der Waals surface area contributed by atoms with Crippen molar-refractivity contribution in [2.75, 3.05) is 13.6 Å². The number of hydrogen-bond acceptors (Lipinski definition) is 3. The highest BCUT2D eigenvalue weighted by Gasteiger charge is 2.15. The Kier molecular flexibility index (Phi) is 5.87. The molecule has 3 nitrogen and oxygen atoms in total. The van der Waals surface area contributed by atoms with E-state index in [2.05, 4.69) is 17.4 Å². The van der Waals surface area contributed by atoms with Crippen LogP contribution in [-0.2, 0) is 0 Å². The Morgan fingerprint density at radius 1 is 1.05 bits per heavy atom. The third-order valence-electron chi connectivity index (χ3n) is 3.54. The number of furan rings is 1. The molecule has 1 heterocycles. The fraction of sp³-hybridized carbons (Fsp3) is 0.222. The van der Waals surface area contributed by atoms with E-state index in [1.807, 2.05) is 49.5 Å². The van der Waals surface area contributed by atoms with Crippen LogP contribution in [0.4, 0.5) is 0 Å². The zero-order chi connectivity index (χ0) is 14.5. The van der Waals surface area contributed by atoms with Gasteiger partial charge in [0, 0.05) is 11.8 Å². The number of benzene rings is 2. The molecule has 0 radical (unpaired) electrons. The zero-order valence-corrected chi connectivity index (χ0v) is 13.3. The molecule has 0 aliphatic heterocycles. The number of halogens is 1. The summed E-state index contributed by atoms with van der Waals surface area (Å²) in [4.78, 5) is 0. The smallest absolute Gasteiger partial charge is 0.175 e. The number of hydrogen-bond donors (Lipinski definition) is 1. The first-order valence-electron chi connectivity index (χ1n) is 7.21. The molecule has 0 spiro atoms. The van der Waals surface area contributed by atoms with E-state index in [9.17, 15) is 0 Å². The van der Waals surface area contributed by atoms with Crippen LogP contribution in [0.5, 0.6) is 5.75 Å². The summed E-state index contributed by atoms with van der Waals surface area (Å²) in [7, 11) is 1.95. The molecule has 3 aromatic rings. The van der Waals surface area contributed by atoms with Crippen LogP contribution in [0.25, 0.3) is 11.0 Å². The van der Waals surface area contributed by atoms with Gasteiger partial charge < -0.3 is 14.5 Å². The monoisotopic (exact) mass is 317 g/mol. The maximum Gasteiger partial charge on any atom is 0.175 e.